The van der Waals surface area contributed by atoms with Crippen molar-refractivity contribution in [3.63, 3.8) is 0 Å². The molecule has 0 unspecified atom stereocenters. The Bertz CT molecular complexity index is 632. The molecular formula is C12H19N5O3. The number of aromatic amines is 2. The zero-order valence-electron chi connectivity index (χ0n) is 11.3. The lowest BCUT2D eigenvalue weighted by molar-refractivity contribution is 0.117. The highest BCUT2D eigenvalue weighted by molar-refractivity contribution is 5.78. The number of aliphatic hydroxyl groups excluding tert-OH is 2. The molecule has 0 aliphatic rings. The van der Waals surface area contributed by atoms with E-state index < -0.39 is 0 Å². The zero-order chi connectivity index (χ0) is 14.7. The lowest BCUT2D eigenvalue weighted by Gasteiger charge is -2.20. The van der Waals surface area contributed by atoms with Crippen LogP contribution in [-0.4, -0.2) is 56.9 Å². The summed E-state index contributed by atoms with van der Waals surface area (Å²) in [5.41, 5.74) is 7.02. The molecule has 6 N–H and O–H groups in total. The van der Waals surface area contributed by atoms with E-state index in [0.717, 1.165) is 5.56 Å². The second-order valence-electron chi connectivity index (χ2n) is 4.92. The van der Waals surface area contributed by atoms with E-state index in [-0.39, 0.29) is 30.6 Å². The van der Waals surface area contributed by atoms with Crippen LogP contribution in [0.3, 0.4) is 0 Å². The van der Waals surface area contributed by atoms with Gasteiger partial charge in [0.1, 0.15) is 11.0 Å². The number of fused-ring (bicyclic) bond motifs is 1. The average molecular weight is 281 g/mol. The summed E-state index contributed by atoms with van der Waals surface area (Å²) in [6.45, 7) is 0.934. The summed E-state index contributed by atoms with van der Waals surface area (Å²) in [7, 11) is 1.87. The highest BCUT2D eigenvalue weighted by Crippen LogP contribution is 2.15. The minimum atomic E-state index is -0.301. The van der Waals surface area contributed by atoms with E-state index in [1.165, 1.54) is 0 Å². The summed E-state index contributed by atoms with van der Waals surface area (Å²) in [6, 6.07) is 0. The van der Waals surface area contributed by atoms with Crippen molar-refractivity contribution >= 4 is 17.0 Å². The first kappa shape index (κ1) is 14.5. The van der Waals surface area contributed by atoms with Gasteiger partial charge >= 0.3 is 0 Å². The molecule has 2 heterocycles. The fourth-order valence-corrected chi connectivity index (χ4v) is 2.17. The molecule has 0 radical (unpaired) electrons. The summed E-state index contributed by atoms with van der Waals surface area (Å²) in [4.78, 5) is 23.1. The molecule has 0 saturated carbocycles. The Kier molecular flexibility index (Phi) is 4.38. The van der Waals surface area contributed by atoms with Crippen molar-refractivity contribution in [3.8, 4) is 0 Å². The van der Waals surface area contributed by atoms with Crippen molar-refractivity contribution in [2.75, 3.05) is 32.5 Å². The molecule has 20 heavy (non-hydrogen) atoms. The van der Waals surface area contributed by atoms with Crippen LogP contribution in [0.5, 0.6) is 0 Å². The largest absolute Gasteiger partial charge is 0.396 e. The van der Waals surface area contributed by atoms with Gasteiger partial charge in [0.25, 0.3) is 5.56 Å². The van der Waals surface area contributed by atoms with Crippen LogP contribution in [-0.2, 0) is 6.54 Å². The van der Waals surface area contributed by atoms with E-state index in [2.05, 4.69) is 15.0 Å². The number of aromatic nitrogens is 3. The molecule has 2 rings (SSSR count). The van der Waals surface area contributed by atoms with Gasteiger partial charge in [-0.25, -0.2) is 4.98 Å². The third kappa shape index (κ3) is 2.98. The maximum Gasteiger partial charge on any atom is 0.276 e. The summed E-state index contributed by atoms with van der Waals surface area (Å²) in [5, 5.41) is 18.2. The molecule has 0 amide bonds. The summed E-state index contributed by atoms with van der Waals surface area (Å²) in [5.74, 6) is -0.110. The third-order valence-corrected chi connectivity index (χ3v) is 3.16. The lowest BCUT2D eigenvalue weighted by atomic mass is 10.1. The highest BCUT2D eigenvalue weighted by atomic mass is 16.3. The predicted molar refractivity (Wildman–Crippen MR) is 75.1 cm³/mol. The first-order chi connectivity index (χ1) is 9.55. The lowest BCUT2D eigenvalue weighted by Crippen LogP contribution is -2.29. The predicted octanol–water partition coefficient (Wildman–Crippen LogP) is -1.13. The molecule has 8 heteroatoms. The smallest absolute Gasteiger partial charge is 0.276 e. The second-order valence-corrected chi connectivity index (χ2v) is 4.92. The summed E-state index contributed by atoms with van der Waals surface area (Å²) >= 11 is 0. The van der Waals surface area contributed by atoms with E-state index >= 15 is 0 Å². The fraction of sp³-hybridized carbons (Fsp3) is 0.500. The van der Waals surface area contributed by atoms with Gasteiger partial charge in [0, 0.05) is 44.0 Å². The highest BCUT2D eigenvalue weighted by Gasteiger charge is 2.14. The number of nitrogens with one attached hydrogen (secondary N) is 2. The second kappa shape index (κ2) is 6.04. The van der Waals surface area contributed by atoms with Crippen molar-refractivity contribution in [3.05, 3.63) is 22.1 Å². The topological polar surface area (TPSA) is 131 Å². The molecule has 110 valence electrons. The van der Waals surface area contributed by atoms with Gasteiger partial charge in [-0.2, -0.15) is 0 Å². The van der Waals surface area contributed by atoms with E-state index in [1.54, 1.807) is 6.20 Å². The van der Waals surface area contributed by atoms with Crippen molar-refractivity contribution in [1.82, 2.24) is 19.9 Å². The molecule has 0 atom stereocenters. The minimum Gasteiger partial charge on any atom is -0.396 e. The number of aliphatic hydroxyl groups is 2. The Morgan fingerprint density at radius 3 is 2.80 bits per heavy atom. The Balaban J connectivity index is 2.20. The summed E-state index contributed by atoms with van der Waals surface area (Å²) < 4.78 is 0. The van der Waals surface area contributed by atoms with Gasteiger partial charge in [-0.05, 0) is 7.05 Å². The molecule has 0 fully saturated rings. The summed E-state index contributed by atoms with van der Waals surface area (Å²) in [6.07, 6.45) is 1.72. The number of nitrogens with zero attached hydrogens (tertiary/aromatic N) is 2. The molecule has 8 nitrogen and oxygen atoms in total. The average Bonchev–Trinajstić information content (AvgIpc) is 2.79. The van der Waals surface area contributed by atoms with Crippen molar-refractivity contribution in [2.45, 2.75) is 6.54 Å². The van der Waals surface area contributed by atoms with Gasteiger partial charge < -0.3 is 25.8 Å². The van der Waals surface area contributed by atoms with E-state index in [1.807, 2.05) is 11.9 Å². The molecule has 0 aliphatic carbocycles. The van der Waals surface area contributed by atoms with Crippen LogP contribution in [0, 0.1) is 5.92 Å². The number of hydrogen-bond acceptors (Lipinski definition) is 6. The SMILES string of the molecule is CN(Cc1c[nH]c2c(=O)[nH]c(N)nc12)CC(CO)CO. The molecule has 2 aromatic rings. The quantitative estimate of drug-likeness (QED) is 0.455. The van der Waals surface area contributed by atoms with Crippen molar-refractivity contribution < 1.29 is 10.2 Å². The number of hydrogen-bond donors (Lipinski definition) is 5. The van der Waals surface area contributed by atoms with E-state index in [9.17, 15) is 4.79 Å². The Hall–Kier alpha value is -1.90. The van der Waals surface area contributed by atoms with Gasteiger partial charge in [0.2, 0.25) is 5.95 Å². The number of rotatable bonds is 6. The zero-order valence-corrected chi connectivity index (χ0v) is 11.3. The first-order valence-electron chi connectivity index (χ1n) is 6.31. The fourth-order valence-electron chi connectivity index (χ4n) is 2.17. The van der Waals surface area contributed by atoms with Gasteiger partial charge in [-0.15, -0.1) is 0 Å². The normalized spacial score (nSPS) is 11.8. The van der Waals surface area contributed by atoms with Gasteiger partial charge in [-0.3, -0.25) is 9.78 Å². The maximum absolute atomic E-state index is 11.7. The third-order valence-electron chi connectivity index (χ3n) is 3.16. The molecule has 0 bridgehead atoms. The molecule has 0 aromatic carbocycles. The number of nitrogens with two attached hydrogens (primary N) is 1. The Labute approximate surface area is 115 Å². The monoisotopic (exact) mass is 281 g/mol. The van der Waals surface area contributed by atoms with Gasteiger partial charge in [0.15, 0.2) is 0 Å². The van der Waals surface area contributed by atoms with E-state index in [0.29, 0.717) is 24.1 Å². The van der Waals surface area contributed by atoms with Crippen LogP contribution >= 0.6 is 0 Å². The van der Waals surface area contributed by atoms with Crippen molar-refractivity contribution in [1.29, 1.82) is 0 Å². The van der Waals surface area contributed by atoms with E-state index in [4.69, 9.17) is 15.9 Å². The van der Waals surface area contributed by atoms with Gasteiger partial charge in [-0.1, -0.05) is 0 Å². The standard InChI is InChI=1S/C12H19N5O3/c1-17(3-7(5-18)6-19)4-8-2-14-10-9(8)15-12(13)16-11(10)20/h2,7,14,18-19H,3-6H2,1H3,(H3,13,15,16,20). The van der Waals surface area contributed by atoms with Crippen molar-refractivity contribution in [2.24, 2.45) is 5.92 Å². The van der Waals surface area contributed by atoms with Crippen LogP contribution in [0.4, 0.5) is 5.95 Å². The van der Waals surface area contributed by atoms with Crippen LogP contribution in [0.25, 0.3) is 11.0 Å². The first-order valence-corrected chi connectivity index (χ1v) is 6.31. The molecule has 0 saturated heterocycles. The van der Waals surface area contributed by atoms with Crippen LogP contribution in [0.15, 0.2) is 11.0 Å². The molecular weight excluding hydrogens is 262 g/mol. The van der Waals surface area contributed by atoms with Crippen LogP contribution in [0.1, 0.15) is 5.56 Å². The van der Waals surface area contributed by atoms with Gasteiger partial charge in [0.05, 0.1) is 0 Å². The Morgan fingerprint density at radius 1 is 1.45 bits per heavy atom. The number of nitrogen functional groups attached to an aromatic ring is 1. The minimum absolute atomic E-state index is 0.0699. The van der Waals surface area contributed by atoms with Crippen LogP contribution in [0.2, 0.25) is 0 Å². The maximum atomic E-state index is 11.7. The number of H-pyrrole nitrogens is 2. The molecule has 0 aliphatic heterocycles. The Morgan fingerprint density at radius 2 is 2.15 bits per heavy atom. The molecule has 0 spiro atoms. The number of anilines is 1. The molecule has 2 aromatic heterocycles. The van der Waals surface area contributed by atoms with Crippen LogP contribution < -0.4 is 11.3 Å².